The summed E-state index contributed by atoms with van der Waals surface area (Å²) in [5.41, 5.74) is 3.10. The van der Waals surface area contributed by atoms with Crippen LogP contribution in [0.15, 0.2) is 41.1 Å². The van der Waals surface area contributed by atoms with Crippen LogP contribution < -0.4 is 5.32 Å². The Balaban J connectivity index is 1.40. The summed E-state index contributed by atoms with van der Waals surface area (Å²) in [5, 5.41) is 17.4. The molecular weight excluding hydrogens is 380 g/mol. The molecular formula is C22H22N6O2. The highest BCUT2D eigenvalue weighted by Gasteiger charge is 2.26. The molecule has 1 aliphatic carbocycles. The molecule has 1 aliphatic heterocycles. The van der Waals surface area contributed by atoms with Crippen molar-refractivity contribution in [2.75, 3.05) is 19.6 Å². The van der Waals surface area contributed by atoms with Crippen molar-refractivity contribution in [1.82, 2.24) is 25.0 Å². The maximum Gasteiger partial charge on any atom is 0.275 e. The van der Waals surface area contributed by atoms with E-state index >= 15 is 0 Å². The highest BCUT2D eigenvalue weighted by molar-refractivity contribution is 5.92. The molecule has 1 atom stereocenters. The molecule has 0 radical (unpaired) electrons. The van der Waals surface area contributed by atoms with Gasteiger partial charge in [-0.2, -0.15) is 10.4 Å². The van der Waals surface area contributed by atoms with Crippen LogP contribution in [0.25, 0.3) is 17.3 Å². The monoisotopic (exact) mass is 402 g/mol. The highest BCUT2D eigenvalue weighted by Crippen LogP contribution is 2.40. The van der Waals surface area contributed by atoms with Gasteiger partial charge >= 0.3 is 0 Å². The van der Waals surface area contributed by atoms with Gasteiger partial charge < -0.3 is 14.6 Å². The summed E-state index contributed by atoms with van der Waals surface area (Å²) < 4.78 is 7.19. The van der Waals surface area contributed by atoms with Crippen LogP contribution in [0, 0.1) is 11.3 Å². The first-order chi connectivity index (χ1) is 14.6. The van der Waals surface area contributed by atoms with Crippen molar-refractivity contribution in [1.29, 1.82) is 5.26 Å². The normalized spacial score (nSPS) is 18.9. The van der Waals surface area contributed by atoms with Crippen molar-refractivity contribution >= 4 is 5.91 Å². The van der Waals surface area contributed by atoms with Crippen LogP contribution >= 0.6 is 0 Å². The van der Waals surface area contributed by atoms with Crippen LogP contribution in [-0.2, 0) is 0 Å². The second-order valence-corrected chi connectivity index (χ2v) is 7.96. The summed E-state index contributed by atoms with van der Waals surface area (Å²) in [7, 11) is 0. The second kappa shape index (κ2) is 7.43. The summed E-state index contributed by atoms with van der Waals surface area (Å²) in [6, 6.07) is 10.6. The maximum atomic E-state index is 12.7. The topological polar surface area (TPSA) is 100.0 Å². The molecule has 2 aromatic heterocycles. The van der Waals surface area contributed by atoms with Gasteiger partial charge in [-0.25, -0.2) is 9.67 Å². The third kappa shape index (κ3) is 3.48. The Kier molecular flexibility index (Phi) is 4.60. The predicted octanol–water partition coefficient (Wildman–Crippen LogP) is 2.71. The van der Waals surface area contributed by atoms with Crippen molar-refractivity contribution in [3.8, 4) is 23.3 Å². The van der Waals surface area contributed by atoms with Crippen molar-refractivity contribution in [2.45, 2.75) is 31.7 Å². The molecule has 8 nitrogen and oxygen atoms in total. The van der Waals surface area contributed by atoms with E-state index in [1.165, 1.54) is 24.7 Å². The fourth-order valence-corrected chi connectivity index (χ4v) is 3.82. The molecule has 1 saturated carbocycles. The Morgan fingerprint density at radius 3 is 2.80 bits per heavy atom. The van der Waals surface area contributed by atoms with Crippen molar-refractivity contribution < 1.29 is 9.21 Å². The zero-order valence-electron chi connectivity index (χ0n) is 16.7. The molecule has 0 unspecified atom stereocenters. The van der Waals surface area contributed by atoms with Crippen molar-refractivity contribution in [2.24, 2.45) is 0 Å². The average Bonchev–Trinajstić information content (AvgIpc) is 3.34. The Bertz CT molecular complexity index is 1120. The Hall–Kier alpha value is -3.44. The number of aromatic nitrogens is 3. The van der Waals surface area contributed by atoms with Crippen LogP contribution in [0.5, 0.6) is 0 Å². The molecule has 3 aromatic rings. The lowest BCUT2D eigenvalue weighted by molar-refractivity contribution is 0.0703. The number of nitrogens with one attached hydrogen (secondary N) is 1. The van der Waals surface area contributed by atoms with Crippen LogP contribution in [0.3, 0.4) is 0 Å². The molecule has 3 heterocycles. The first-order valence-corrected chi connectivity index (χ1v) is 10.2. The Morgan fingerprint density at radius 2 is 2.10 bits per heavy atom. The van der Waals surface area contributed by atoms with Gasteiger partial charge in [0.1, 0.15) is 17.9 Å². The zero-order valence-corrected chi connectivity index (χ0v) is 16.7. The highest BCUT2D eigenvalue weighted by atomic mass is 16.3. The Labute approximate surface area is 174 Å². The lowest BCUT2D eigenvalue weighted by atomic mass is 10.1. The van der Waals surface area contributed by atoms with Gasteiger partial charge in [-0.05, 0) is 43.4 Å². The summed E-state index contributed by atoms with van der Waals surface area (Å²) in [4.78, 5) is 18.8. The van der Waals surface area contributed by atoms with E-state index in [2.05, 4.69) is 33.6 Å². The van der Waals surface area contributed by atoms with E-state index in [-0.39, 0.29) is 23.5 Å². The maximum absolute atomic E-state index is 12.7. The van der Waals surface area contributed by atoms with Crippen LogP contribution in [-0.4, -0.2) is 51.2 Å². The summed E-state index contributed by atoms with van der Waals surface area (Å²) in [5.74, 6) is 0.683. The van der Waals surface area contributed by atoms with Gasteiger partial charge in [0.15, 0.2) is 11.4 Å². The number of carbonyl (C=O) groups excluding carboxylic acids is 1. The van der Waals surface area contributed by atoms with Gasteiger partial charge in [0.25, 0.3) is 5.91 Å². The molecule has 2 aliphatic rings. The smallest absolute Gasteiger partial charge is 0.275 e. The molecule has 5 rings (SSSR count). The lowest BCUT2D eigenvalue weighted by Crippen LogP contribution is -2.51. The SMILES string of the molecule is C[C@H]1CN(C(=O)c2coc(-c3nn(-c4ccc(C5CC5)cc4)cc3C#N)n2)CCN1. The molecule has 1 saturated heterocycles. The van der Waals surface area contributed by atoms with Gasteiger partial charge in [-0.1, -0.05) is 12.1 Å². The zero-order chi connectivity index (χ0) is 20.7. The number of hydrogen-bond acceptors (Lipinski definition) is 6. The lowest BCUT2D eigenvalue weighted by Gasteiger charge is -2.31. The quantitative estimate of drug-likeness (QED) is 0.720. The molecule has 1 amide bonds. The number of carbonyl (C=O) groups is 1. The predicted molar refractivity (Wildman–Crippen MR) is 109 cm³/mol. The van der Waals surface area contributed by atoms with Gasteiger partial charge in [0.05, 0.1) is 5.69 Å². The number of nitrogens with zero attached hydrogens (tertiary/aromatic N) is 5. The number of amides is 1. The van der Waals surface area contributed by atoms with E-state index in [0.29, 0.717) is 30.3 Å². The molecule has 0 spiro atoms. The van der Waals surface area contributed by atoms with E-state index < -0.39 is 0 Å². The number of nitriles is 1. The van der Waals surface area contributed by atoms with E-state index in [4.69, 9.17) is 4.42 Å². The van der Waals surface area contributed by atoms with E-state index in [1.54, 1.807) is 15.8 Å². The fourth-order valence-electron chi connectivity index (χ4n) is 3.82. The first kappa shape index (κ1) is 18.6. The van der Waals surface area contributed by atoms with E-state index in [9.17, 15) is 10.1 Å². The fraction of sp³-hybridized carbons (Fsp3) is 0.364. The minimum atomic E-state index is -0.174. The molecule has 152 valence electrons. The second-order valence-electron chi connectivity index (χ2n) is 7.96. The van der Waals surface area contributed by atoms with E-state index in [1.807, 2.05) is 19.1 Å². The summed E-state index contributed by atoms with van der Waals surface area (Å²) in [6.45, 7) is 4.03. The van der Waals surface area contributed by atoms with Crippen LogP contribution in [0.4, 0.5) is 0 Å². The van der Waals surface area contributed by atoms with Crippen LogP contribution in [0.1, 0.15) is 47.3 Å². The number of rotatable bonds is 4. The number of hydrogen-bond donors (Lipinski definition) is 1. The van der Waals surface area contributed by atoms with Gasteiger partial charge in [-0.3, -0.25) is 4.79 Å². The van der Waals surface area contributed by atoms with Gasteiger partial charge in [0, 0.05) is 31.9 Å². The Morgan fingerprint density at radius 1 is 1.30 bits per heavy atom. The molecule has 30 heavy (non-hydrogen) atoms. The van der Waals surface area contributed by atoms with Gasteiger partial charge in [0.2, 0.25) is 5.89 Å². The standard InChI is InChI=1S/C22H22N6O2/c1-14-11-27(9-8-24-14)22(29)19-13-30-21(25-19)20-17(10-23)12-28(26-20)18-6-4-16(5-7-18)15-2-3-15/h4-7,12-15,24H,2-3,8-9,11H2,1H3/t14-/m0/s1. The summed E-state index contributed by atoms with van der Waals surface area (Å²) >= 11 is 0. The molecule has 8 heteroatoms. The minimum Gasteiger partial charge on any atom is -0.442 e. The largest absolute Gasteiger partial charge is 0.442 e. The molecule has 0 bridgehead atoms. The first-order valence-electron chi connectivity index (χ1n) is 10.2. The molecule has 1 aromatic carbocycles. The van der Waals surface area contributed by atoms with Gasteiger partial charge in [-0.15, -0.1) is 0 Å². The summed E-state index contributed by atoms with van der Waals surface area (Å²) in [6.07, 6.45) is 5.50. The average molecular weight is 402 g/mol. The van der Waals surface area contributed by atoms with E-state index in [0.717, 1.165) is 12.2 Å². The number of piperazine rings is 1. The third-order valence-corrected chi connectivity index (χ3v) is 5.62. The molecule has 1 N–H and O–H groups in total. The molecule has 2 fully saturated rings. The number of oxazole rings is 1. The minimum absolute atomic E-state index is 0.173. The van der Waals surface area contributed by atoms with Crippen LogP contribution in [0.2, 0.25) is 0 Å². The third-order valence-electron chi connectivity index (χ3n) is 5.62. The van der Waals surface area contributed by atoms with Crippen molar-refractivity contribution in [3.05, 3.63) is 53.5 Å². The van der Waals surface area contributed by atoms with Crippen molar-refractivity contribution in [3.63, 3.8) is 0 Å². The number of benzene rings is 1.